The number of rotatable bonds is 5. The van der Waals surface area contributed by atoms with E-state index < -0.39 is 5.97 Å². The highest BCUT2D eigenvalue weighted by molar-refractivity contribution is 5.95. The van der Waals surface area contributed by atoms with Gasteiger partial charge >= 0.3 is 5.97 Å². The first kappa shape index (κ1) is 16.7. The molecule has 1 amide bonds. The Labute approximate surface area is 135 Å². The first-order chi connectivity index (χ1) is 10.9. The van der Waals surface area contributed by atoms with E-state index >= 15 is 0 Å². The van der Waals surface area contributed by atoms with Crippen molar-refractivity contribution in [2.24, 2.45) is 5.92 Å². The minimum absolute atomic E-state index is 0.0533. The van der Waals surface area contributed by atoms with Gasteiger partial charge in [-0.25, -0.2) is 4.79 Å². The number of nitrogens with zero attached hydrogens (tertiary/aromatic N) is 2. The van der Waals surface area contributed by atoms with Crippen LogP contribution >= 0.6 is 0 Å². The van der Waals surface area contributed by atoms with Crippen molar-refractivity contribution in [3.63, 3.8) is 0 Å². The number of carboxylic acids is 1. The van der Waals surface area contributed by atoms with Crippen LogP contribution in [-0.2, 0) is 0 Å². The third-order valence-corrected chi connectivity index (χ3v) is 3.74. The number of carbonyl (C=O) groups excluding carboxylic acids is 1. The van der Waals surface area contributed by atoms with Crippen LogP contribution in [0.1, 0.15) is 46.3 Å². The summed E-state index contributed by atoms with van der Waals surface area (Å²) in [7, 11) is 1.72. The summed E-state index contributed by atoms with van der Waals surface area (Å²) in [5.41, 5.74) is 1.22. The first-order valence-corrected chi connectivity index (χ1v) is 7.43. The normalized spacial score (nSPS) is 12.0. The minimum atomic E-state index is -1.08. The van der Waals surface area contributed by atoms with E-state index in [0.29, 0.717) is 0 Å². The summed E-state index contributed by atoms with van der Waals surface area (Å²) in [6, 6.07) is 12.3. The van der Waals surface area contributed by atoms with Crippen molar-refractivity contribution in [1.82, 2.24) is 9.88 Å². The van der Waals surface area contributed by atoms with Gasteiger partial charge in [0.1, 0.15) is 5.69 Å². The van der Waals surface area contributed by atoms with E-state index in [9.17, 15) is 9.59 Å². The molecule has 1 unspecified atom stereocenters. The summed E-state index contributed by atoms with van der Waals surface area (Å²) >= 11 is 0. The molecule has 0 spiro atoms. The molecular weight excluding hydrogens is 292 g/mol. The SMILES string of the molecule is CC(C)C(c1ccccc1)N(C)C(=O)c1cc(C(=O)O)ccn1. The Bertz CT molecular complexity index is 698. The number of amides is 1. The van der Waals surface area contributed by atoms with Crippen molar-refractivity contribution >= 4 is 11.9 Å². The molecule has 0 fully saturated rings. The van der Waals surface area contributed by atoms with Gasteiger partial charge in [0.05, 0.1) is 11.6 Å². The predicted octanol–water partition coefficient (Wildman–Crippen LogP) is 3.25. The fraction of sp³-hybridized carbons (Fsp3) is 0.278. The third-order valence-electron chi connectivity index (χ3n) is 3.74. The number of hydrogen-bond donors (Lipinski definition) is 1. The second-order valence-corrected chi connectivity index (χ2v) is 5.75. The lowest BCUT2D eigenvalue weighted by molar-refractivity contribution is 0.0681. The van der Waals surface area contributed by atoms with Crippen LogP contribution in [0.15, 0.2) is 48.7 Å². The fourth-order valence-electron chi connectivity index (χ4n) is 2.69. The van der Waals surface area contributed by atoms with Gasteiger partial charge in [-0.2, -0.15) is 0 Å². The number of benzene rings is 1. The molecule has 0 radical (unpaired) electrons. The maximum absolute atomic E-state index is 12.7. The molecule has 0 saturated heterocycles. The Hall–Kier alpha value is -2.69. The monoisotopic (exact) mass is 312 g/mol. The van der Waals surface area contributed by atoms with Crippen molar-refractivity contribution in [1.29, 1.82) is 0 Å². The van der Waals surface area contributed by atoms with E-state index in [1.54, 1.807) is 11.9 Å². The van der Waals surface area contributed by atoms with Gasteiger partial charge in [0.15, 0.2) is 0 Å². The molecule has 2 aromatic rings. The molecule has 1 atom stereocenters. The maximum Gasteiger partial charge on any atom is 0.335 e. The van der Waals surface area contributed by atoms with Gasteiger partial charge in [-0.3, -0.25) is 9.78 Å². The molecular formula is C18H20N2O3. The van der Waals surface area contributed by atoms with Crippen LogP contribution in [-0.4, -0.2) is 33.9 Å². The smallest absolute Gasteiger partial charge is 0.335 e. The standard InChI is InChI=1S/C18H20N2O3/c1-12(2)16(13-7-5-4-6-8-13)20(3)17(21)15-11-14(18(22)23)9-10-19-15/h4-12,16H,1-3H3,(H,22,23). The van der Waals surface area contributed by atoms with Gasteiger partial charge in [-0.15, -0.1) is 0 Å². The van der Waals surface area contributed by atoms with Gasteiger partial charge in [0, 0.05) is 13.2 Å². The Kier molecular flexibility index (Phi) is 5.11. The van der Waals surface area contributed by atoms with Crippen molar-refractivity contribution < 1.29 is 14.7 Å². The molecule has 1 N–H and O–H groups in total. The molecule has 0 aliphatic rings. The van der Waals surface area contributed by atoms with Crippen LogP contribution in [0.3, 0.4) is 0 Å². The summed E-state index contributed by atoms with van der Waals surface area (Å²) in [6.45, 7) is 4.09. The zero-order chi connectivity index (χ0) is 17.0. The average molecular weight is 312 g/mol. The lowest BCUT2D eigenvalue weighted by atomic mass is 9.94. The highest BCUT2D eigenvalue weighted by Crippen LogP contribution is 2.28. The molecule has 120 valence electrons. The summed E-state index contributed by atoms with van der Waals surface area (Å²) in [4.78, 5) is 29.4. The number of hydrogen-bond acceptors (Lipinski definition) is 3. The Morgan fingerprint density at radius 2 is 1.78 bits per heavy atom. The van der Waals surface area contributed by atoms with E-state index in [2.05, 4.69) is 4.98 Å². The molecule has 1 heterocycles. The van der Waals surface area contributed by atoms with Crippen LogP contribution in [0.2, 0.25) is 0 Å². The molecule has 23 heavy (non-hydrogen) atoms. The minimum Gasteiger partial charge on any atom is -0.478 e. The zero-order valence-electron chi connectivity index (χ0n) is 13.4. The van der Waals surface area contributed by atoms with Crippen LogP contribution in [0.4, 0.5) is 0 Å². The summed E-state index contributed by atoms with van der Waals surface area (Å²) in [5, 5.41) is 9.05. The van der Waals surface area contributed by atoms with Crippen LogP contribution in [0.5, 0.6) is 0 Å². The maximum atomic E-state index is 12.7. The molecule has 0 saturated carbocycles. The summed E-state index contributed by atoms with van der Waals surface area (Å²) < 4.78 is 0. The highest BCUT2D eigenvalue weighted by Gasteiger charge is 2.26. The molecule has 2 rings (SSSR count). The van der Waals surface area contributed by atoms with E-state index in [-0.39, 0.29) is 29.1 Å². The van der Waals surface area contributed by atoms with E-state index in [4.69, 9.17) is 5.11 Å². The largest absolute Gasteiger partial charge is 0.478 e. The molecule has 0 aliphatic carbocycles. The van der Waals surface area contributed by atoms with Crippen LogP contribution in [0, 0.1) is 5.92 Å². The quantitative estimate of drug-likeness (QED) is 0.920. The second-order valence-electron chi connectivity index (χ2n) is 5.75. The van der Waals surface area contributed by atoms with E-state index in [0.717, 1.165) is 5.56 Å². The highest BCUT2D eigenvalue weighted by atomic mass is 16.4. The number of aromatic carboxylic acids is 1. The number of pyridine rings is 1. The zero-order valence-corrected chi connectivity index (χ0v) is 13.4. The van der Waals surface area contributed by atoms with Crippen molar-refractivity contribution in [3.05, 3.63) is 65.5 Å². The number of aromatic nitrogens is 1. The Balaban J connectivity index is 2.33. The topological polar surface area (TPSA) is 70.5 Å². The van der Waals surface area contributed by atoms with E-state index in [1.165, 1.54) is 18.3 Å². The van der Waals surface area contributed by atoms with Crippen molar-refractivity contribution in [2.45, 2.75) is 19.9 Å². The van der Waals surface area contributed by atoms with Crippen LogP contribution in [0.25, 0.3) is 0 Å². The molecule has 1 aromatic heterocycles. The van der Waals surface area contributed by atoms with Gasteiger partial charge in [0.2, 0.25) is 0 Å². The molecule has 1 aromatic carbocycles. The third kappa shape index (κ3) is 3.74. The lowest BCUT2D eigenvalue weighted by Gasteiger charge is -2.31. The lowest BCUT2D eigenvalue weighted by Crippen LogP contribution is -2.34. The number of carboxylic acid groups (broad SMARTS) is 1. The number of carbonyl (C=O) groups is 2. The summed E-state index contributed by atoms with van der Waals surface area (Å²) in [6.07, 6.45) is 1.34. The first-order valence-electron chi connectivity index (χ1n) is 7.43. The Morgan fingerprint density at radius 3 is 2.35 bits per heavy atom. The van der Waals surface area contributed by atoms with E-state index in [1.807, 2.05) is 44.2 Å². The second kappa shape index (κ2) is 7.05. The van der Waals surface area contributed by atoms with Crippen molar-refractivity contribution in [3.8, 4) is 0 Å². The fourth-order valence-corrected chi connectivity index (χ4v) is 2.69. The van der Waals surface area contributed by atoms with Crippen molar-refractivity contribution in [2.75, 3.05) is 7.05 Å². The van der Waals surface area contributed by atoms with Gasteiger partial charge < -0.3 is 10.0 Å². The Morgan fingerprint density at radius 1 is 1.13 bits per heavy atom. The van der Waals surface area contributed by atoms with Gasteiger partial charge in [-0.05, 0) is 23.6 Å². The molecule has 0 bridgehead atoms. The molecule has 5 nitrogen and oxygen atoms in total. The average Bonchev–Trinajstić information content (AvgIpc) is 2.55. The molecule has 5 heteroatoms. The predicted molar refractivity (Wildman–Crippen MR) is 87.3 cm³/mol. The summed E-state index contributed by atoms with van der Waals surface area (Å²) in [5.74, 6) is -1.17. The van der Waals surface area contributed by atoms with Gasteiger partial charge in [-0.1, -0.05) is 44.2 Å². The molecule has 0 aliphatic heterocycles. The van der Waals surface area contributed by atoms with Crippen LogP contribution < -0.4 is 0 Å². The van der Waals surface area contributed by atoms with Gasteiger partial charge in [0.25, 0.3) is 5.91 Å².